The summed E-state index contributed by atoms with van der Waals surface area (Å²) in [5.74, 6) is -1.81. The Bertz CT molecular complexity index is 1500. The van der Waals surface area contributed by atoms with E-state index in [1.165, 1.54) is 55.5 Å². The summed E-state index contributed by atoms with van der Waals surface area (Å²) >= 11 is 0. The van der Waals surface area contributed by atoms with Gasteiger partial charge < -0.3 is 19.7 Å². The van der Waals surface area contributed by atoms with E-state index in [9.17, 15) is 26.8 Å². The van der Waals surface area contributed by atoms with Gasteiger partial charge in [0.05, 0.1) is 10.6 Å². The quantitative estimate of drug-likeness (QED) is 0.365. The highest BCUT2D eigenvalue weighted by atomic mass is 32.2. The number of benzene rings is 3. The van der Waals surface area contributed by atoms with Gasteiger partial charge in [0.1, 0.15) is 37.4 Å². The number of fused-ring (bicyclic) bond motifs is 1. The first-order chi connectivity index (χ1) is 19.6. The van der Waals surface area contributed by atoms with Crippen LogP contribution in [0.5, 0.6) is 11.5 Å². The van der Waals surface area contributed by atoms with E-state index in [-0.39, 0.29) is 35.0 Å². The Hall–Kier alpha value is -4.19. The number of halogens is 2. The van der Waals surface area contributed by atoms with Gasteiger partial charge >= 0.3 is 0 Å². The molecule has 3 aromatic carbocycles. The van der Waals surface area contributed by atoms with Crippen LogP contribution in [0.2, 0.25) is 0 Å². The molecule has 4 rings (SSSR count). The standard InChI is InChI=1S/C29H31F2N3O6S/c1-3-14-32-29(36)20(2)33(18-21-6-4-5-7-25(21)31)28(35)19-34(23-10-8-22(30)9-11-23)41(37,38)24-12-13-26-27(17-24)40-16-15-39-26/h4-13,17,20H,3,14-16,18-19H2,1-2H3,(H,32,36)/t20-/m1/s1. The second-order valence-corrected chi connectivity index (χ2v) is 11.2. The van der Waals surface area contributed by atoms with E-state index < -0.39 is 46.1 Å². The Balaban J connectivity index is 1.72. The first kappa shape index (κ1) is 29.8. The Morgan fingerprint density at radius 2 is 1.66 bits per heavy atom. The molecule has 1 N–H and O–H groups in total. The van der Waals surface area contributed by atoms with Gasteiger partial charge in [-0.3, -0.25) is 13.9 Å². The molecule has 218 valence electrons. The topological polar surface area (TPSA) is 105 Å². The third kappa shape index (κ3) is 6.94. The third-order valence-corrected chi connectivity index (χ3v) is 8.28. The summed E-state index contributed by atoms with van der Waals surface area (Å²) in [5, 5.41) is 2.72. The fraction of sp³-hybridized carbons (Fsp3) is 0.310. The number of anilines is 1. The summed E-state index contributed by atoms with van der Waals surface area (Å²) in [7, 11) is -4.42. The van der Waals surface area contributed by atoms with Crippen LogP contribution in [0.3, 0.4) is 0 Å². The molecule has 0 aliphatic carbocycles. The Labute approximate surface area is 237 Å². The number of nitrogens with one attached hydrogen (secondary N) is 1. The highest BCUT2D eigenvalue weighted by molar-refractivity contribution is 7.92. The molecule has 0 bridgehead atoms. The first-order valence-corrected chi connectivity index (χ1v) is 14.5. The van der Waals surface area contributed by atoms with Gasteiger partial charge in [0.25, 0.3) is 10.0 Å². The molecular weight excluding hydrogens is 556 g/mol. The first-order valence-electron chi connectivity index (χ1n) is 13.1. The molecule has 1 atom stereocenters. The molecule has 41 heavy (non-hydrogen) atoms. The average Bonchev–Trinajstić information content (AvgIpc) is 2.98. The van der Waals surface area contributed by atoms with Gasteiger partial charge in [-0.15, -0.1) is 0 Å². The van der Waals surface area contributed by atoms with Gasteiger partial charge in [-0.1, -0.05) is 25.1 Å². The molecular formula is C29H31F2N3O6S. The van der Waals surface area contributed by atoms with Crippen molar-refractivity contribution in [3.05, 3.63) is 83.9 Å². The van der Waals surface area contributed by atoms with Crippen LogP contribution in [0.4, 0.5) is 14.5 Å². The molecule has 1 aliphatic heterocycles. The minimum Gasteiger partial charge on any atom is -0.486 e. The summed E-state index contributed by atoms with van der Waals surface area (Å²) in [4.78, 5) is 27.6. The van der Waals surface area contributed by atoms with Crippen LogP contribution < -0.4 is 19.1 Å². The van der Waals surface area contributed by atoms with Crippen molar-refractivity contribution >= 4 is 27.5 Å². The van der Waals surface area contributed by atoms with Gasteiger partial charge in [-0.25, -0.2) is 17.2 Å². The number of carbonyl (C=O) groups is 2. The van der Waals surface area contributed by atoms with Gasteiger partial charge in [-0.05, 0) is 55.8 Å². The van der Waals surface area contributed by atoms with E-state index in [4.69, 9.17) is 9.47 Å². The monoisotopic (exact) mass is 587 g/mol. The Morgan fingerprint density at radius 1 is 0.976 bits per heavy atom. The van der Waals surface area contributed by atoms with E-state index in [0.29, 0.717) is 25.3 Å². The van der Waals surface area contributed by atoms with E-state index in [2.05, 4.69) is 5.32 Å². The summed E-state index contributed by atoms with van der Waals surface area (Å²) in [6, 6.07) is 13.4. The highest BCUT2D eigenvalue weighted by Crippen LogP contribution is 2.34. The maximum absolute atomic E-state index is 14.6. The predicted molar refractivity (Wildman–Crippen MR) is 148 cm³/mol. The number of rotatable bonds is 11. The lowest BCUT2D eigenvalue weighted by Crippen LogP contribution is -2.51. The highest BCUT2D eigenvalue weighted by Gasteiger charge is 2.33. The normalized spacial score (nSPS) is 13.3. The van der Waals surface area contributed by atoms with E-state index in [1.54, 1.807) is 6.07 Å². The van der Waals surface area contributed by atoms with E-state index >= 15 is 0 Å². The number of amides is 2. The summed E-state index contributed by atoms with van der Waals surface area (Å²) in [6.07, 6.45) is 0.659. The molecule has 1 heterocycles. The number of hydrogen-bond donors (Lipinski definition) is 1. The maximum atomic E-state index is 14.6. The molecule has 0 radical (unpaired) electrons. The Kier molecular flexibility index (Phi) is 9.43. The second-order valence-electron chi connectivity index (χ2n) is 9.37. The fourth-order valence-electron chi connectivity index (χ4n) is 4.24. The van der Waals surface area contributed by atoms with Crippen molar-refractivity contribution in [2.45, 2.75) is 37.8 Å². The molecule has 0 fully saturated rings. The van der Waals surface area contributed by atoms with Gasteiger partial charge in [0, 0.05) is 24.7 Å². The summed E-state index contributed by atoms with van der Waals surface area (Å²) in [6.45, 7) is 3.25. The molecule has 3 aromatic rings. The number of nitrogens with zero attached hydrogens (tertiary/aromatic N) is 2. The van der Waals surface area contributed by atoms with Crippen molar-refractivity contribution in [1.82, 2.24) is 10.2 Å². The zero-order valence-corrected chi connectivity index (χ0v) is 23.5. The van der Waals surface area contributed by atoms with E-state index in [1.807, 2.05) is 6.92 Å². The number of ether oxygens (including phenoxy) is 2. The smallest absolute Gasteiger partial charge is 0.264 e. The molecule has 0 aromatic heterocycles. The van der Waals surface area contributed by atoms with Crippen LogP contribution in [-0.2, 0) is 26.2 Å². The average molecular weight is 588 g/mol. The lowest BCUT2D eigenvalue weighted by atomic mass is 10.1. The van der Waals surface area contributed by atoms with Gasteiger partial charge in [-0.2, -0.15) is 0 Å². The van der Waals surface area contributed by atoms with Gasteiger partial charge in [0.15, 0.2) is 11.5 Å². The van der Waals surface area contributed by atoms with Crippen molar-refractivity contribution in [2.75, 3.05) is 30.6 Å². The molecule has 0 saturated heterocycles. The zero-order valence-electron chi connectivity index (χ0n) is 22.7. The molecule has 0 spiro atoms. The van der Waals surface area contributed by atoms with Crippen LogP contribution in [0.15, 0.2) is 71.6 Å². The maximum Gasteiger partial charge on any atom is 0.264 e. The van der Waals surface area contributed by atoms with Crippen molar-refractivity contribution in [2.24, 2.45) is 0 Å². The van der Waals surface area contributed by atoms with Crippen LogP contribution >= 0.6 is 0 Å². The van der Waals surface area contributed by atoms with Crippen molar-refractivity contribution < 1.29 is 36.3 Å². The fourth-order valence-corrected chi connectivity index (χ4v) is 5.67. The predicted octanol–water partition coefficient (Wildman–Crippen LogP) is 3.87. The van der Waals surface area contributed by atoms with E-state index in [0.717, 1.165) is 21.3 Å². The lowest BCUT2D eigenvalue weighted by molar-refractivity contribution is -0.139. The number of sulfonamides is 1. The van der Waals surface area contributed by atoms with Crippen molar-refractivity contribution in [1.29, 1.82) is 0 Å². The molecule has 1 aliphatic rings. The van der Waals surface area contributed by atoms with Crippen LogP contribution in [0.25, 0.3) is 0 Å². The molecule has 12 heteroatoms. The number of carbonyl (C=O) groups excluding carboxylic acids is 2. The van der Waals surface area contributed by atoms with Crippen LogP contribution in [-0.4, -0.2) is 57.5 Å². The van der Waals surface area contributed by atoms with Crippen molar-refractivity contribution in [3.8, 4) is 11.5 Å². The largest absolute Gasteiger partial charge is 0.486 e. The minimum atomic E-state index is -4.42. The van der Waals surface area contributed by atoms with Gasteiger partial charge in [0.2, 0.25) is 11.8 Å². The summed E-state index contributed by atoms with van der Waals surface area (Å²) in [5.41, 5.74) is 0.169. The SMILES string of the molecule is CCCNC(=O)[C@@H](C)N(Cc1ccccc1F)C(=O)CN(c1ccc(F)cc1)S(=O)(=O)c1ccc2c(c1)OCCO2. The summed E-state index contributed by atoms with van der Waals surface area (Å²) < 4.78 is 68.1. The van der Waals surface area contributed by atoms with Crippen molar-refractivity contribution in [3.63, 3.8) is 0 Å². The zero-order chi connectivity index (χ0) is 29.6. The third-order valence-electron chi connectivity index (χ3n) is 6.51. The van der Waals surface area contributed by atoms with Crippen LogP contribution in [0.1, 0.15) is 25.8 Å². The lowest BCUT2D eigenvalue weighted by Gasteiger charge is -2.32. The molecule has 0 unspecified atom stereocenters. The number of hydrogen-bond acceptors (Lipinski definition) is 6. The second kappa shape index (κ2) is 13.0. The minimum absolute atomic E-state index is 0.0172. The Morgan fingerprint density at radius 3 is 2.34 bits per heavy atom. The molecule has 9 nitrogen and oxygen atoms in total. The molecule has 2 amide bonds. The molecule has 0 saturated carbocycles. The van der Waals surface area contributed by atoms with Crippen LogP contribution in [0, 0.1) is 11.6 Å².